The molecule has 0 radical (unpaired) electrons. The molecule has 1 aliphatic heterocycles. The predicted octanol–water partition coefficient (Wildman–Crippen LogP) is 2.76. The van der Waals surface area contributed by atoms with Crippen LogP contribution in [-0.4, -0.2) is 48.3 Å². The summed E-state index contributed by atoms with van der Waals surface area (Å²) in [6.45, 7) is 11.4. The molecule has 1 saturated heterocycles. The maximum absolute atomic E-state index is 12.9. The summed E-state index contributed by atoms with van der Waals surface area (Å²) in [6, 6.07) is 7.05. The number of carbonyl (C=O) groups is 3. The van der Waals surface area contributed by atoms with E-state index >= 15 is 0 Å². The number of piperidine rings is 1. The molecule has 6 nitrogen and oxygen atoms in total. The SMILES string of the molecule is Cc1ccccc1C(=O)N1CCC([C@H](NC(=O)C(C)C)C(=O)NCC(C)C)CC1. The Kier molecular flexibility index (Phi) is 8.23. The van der Waals surface area contributed by atoms with Crippen LogP contribution in [-0.2, 0) is 9.59 Å². The second kappa shape index (κ2) is 10.4. The number of hydrogen-bond acceptors (Lipinski definition) is 3. The smallest absolute Gasteiger partial charge is 0.254 e. The zero-order valence-corrected chi connectivity index (χ0v) is 18.3. The van der Waals surface area contributed by atoms with Gasteiger partial charge in [-0.1, -0.05) is 45.9 Å². The van der Waals surface area contributed by atoms with Crippen LogP contribution in [0.2, 0.25) is 0 Å². The molecule has 0 bridgehead atoms. The first kappa shape index (κ1) is 22.9. The Morgan fingerprint density at radius 1 is 1.03 bits per heavy atom. The topological polar surface area (TPSA) is 78.5 Å². The van der Waals surface area contributed by atoms with Crippen LogP contribution >= 0.6 is 0 Å². The Labute approximate surface area is 174 Å². The molecule has 0 saturated carbocycles. The molecule has 1 heterocycles. The van der Waals surface area contributed by atoms with Gasteiger partial charge < -0.3 is 15.5 Å². The largest absolute Gasteiger partial charge is 0.354 e. The summed E-state index contributed by atoms with van der Waals surface area (Å²) in [5, 5.41) is 5.90. The maximum atomic E-state index is 12.9. The Morgan fingerprint density at radius 2 is 1.66 bits per heavy atom. The van der Waals surface area contributed by atoms with Gasteiger partial charge in [-0.15, -0.1) is 0 Å². The minimum atomic E-state index is -0.556. The van der Waals surface area contributed by atoms with E-state index in [1.165, 1.54) is 0 Å². The zero-order valence-electron chi connectivity index (χ0n) is 18.3. The number of carbonyl (C=O) groups excluding carboxylic acids is 3. The summed E-state index contributed by atoms with van der Waals surface area (Å²) in [5.74, 6) is -0.0315. The van der Waals surface area contributed by atoms with Crippen LogP contribution in [0.25, 0.3) is 0 Å². The van der Waals surface area contributed by atoms with E-state index in [0.717, 1.165) is 11.1 Å². The van der Waals surface area contributed by atoms with Gasteiger partial charge in [0.2, 0.25) is 11.8 Å². The molecule has 1 fully saturated rings. The third-order valence-corrected chi connectivity index (χ3v) is 5.46. The first-order valence-corrected chi connectivity index (χ1v) is 10.6. The summed E-state index contributed by atoms with van der Waals surface area (Å²) in [6.07, 6.45) is 1.38. The van der Waals surface area contributed by atoms with Crippen LogP contribution in [0.4, 0.5) is 0 Å². The molecule has 2 N–H and O–H groups in total. The van der Waals surface area contributed by atoms with Crippen molar-refractivity contribution in [2.24, 2.45) is 17.8 Å². The van der Waals surface area contributed by atoms with Gasteiger partial charge in [-0.25, -0.2) is 0 Å². The molecule has 0 unspecified atom stereocenters. The maximum Gasteiger partial charge on any atom is 0.254 e. The van der Waals surface area contributed by atoms with Gasteiger partial charge >= 0.3 is 0 Å². The first-order chi connectivity index (χ1) is 13.7. The summed E-state index contributed by atoms with van der Waals surface area (Å²) < 4.78 is 0. The van der Waals surface area contributed by atoms with Crippen LogP contribution in [0.15, 0.2) is 24.3 Å². The van der Waals surface area contributed by atoms with Crippen LogP contribution in [0.3, 0.4) is 0 Å². The predicted molar refractivity (Wildman–Crippen MR) is 114 cm³/mol. The van der Waals surface area contributed by atoms with Crippen molar-refractivity contribution in [1.82, 2.24) is 15.5 Å². The Morgan fingerprint density at radius 3 is 2.21 bits per heavy atom. The van der Waals surface area contributed by atoms with Crippen LogP contribution in [0.5, 0.6) is 0 Å². The van der Waals surface area contributed by atoms with Gasteiger partial charge in [0.15, 0.2) is 0 Å². The van der Waals surface area contributed by atoms with Crippen molar-refractivity contribution in [3.63, 3.8) is 0 Å². The molecule has 0 aliphatic carbocycles. The van der Waals surface area contributed by atoms with E-state index in [4.69, 9.17) is 0 Å². The third-order valence-electron chi connectivity index (χ3n) is 5.46. The summed E-state index contributed by atoms with van der Waals surface area (Å²) in [7, 11) is 0. The van der Waals surface area contributed by atoms with Crippen LogP contribution in [0.1, 0.15) is 56.5 Å². The van der Waals surface area contributed by atoms with Gasteiger partial charge in [-0.2, -0.15) is 0 Å². The number of likely N-dealkylation sites (tertiary alicyclic amines) is 1. The summed E-state index contributed by atoms with van der Waals surface area (Å²) in [5.41, 5.74) is 1.69. The Hall–Kier alpha value is -2.37. The van der Waals surface area contributed by atoms with Crippen molar-refractivity contribution < 1.29 is 14.4 Å². The Bertz CT molecular complexity index is 722. The van der Waals surface area contributed by atoms with E-state index in [9.17, 15) is 14.4 Å². The molecule has 160 valence electrons. The lowest BCUT2D eigenvalue weighted by Gasteiger charge is -2.36. The highest BCUT2D eigenvalue weighted by molar-refractivity contribution is 5.95. The quantitative estimate of drug-likeness (QED) is 0.737. The van der Waals surface area contributed by atoms with E-state index in [0.29, 0.717) is 38.4 Å². The van der Waals surface area contributed by atoms with Gasteiger partial charge in [0.25, 0.3) is 5.91 Å². The highest BCUT2D eigenvalue weighted by atomic mass is 16.2. The van der Waals surface area contributed by atoms with Crippen molar-refractivity contribution in [3.8, 4) is 0 Å². The molecule has 1 aliphatic rings. The number of amides is 3. The number of nitrogens with one attached hydrogen (secondary N) is 2. The molecular formula is C23H35N3O3. The van der Waals surface area contributed by atoms with Crippen molar-refractivity contribution in [3.05, 3.63) is 35.4 Å². The van der Waals surface area contributed by atoms with E-state index in [2.05, 4.69) is 10.6 Å². The average Bonchev–Trinajstić information content (AvgIpc) is 2.70. The van der Waals surface area contributed by atoms with Crippen molar-refractivity contribution in [2.45, 2.75) is 53.5 Å². The normalized spacial score (nSPS) is 16.0. The number of rotatable bonds is 7. The molecule has 2 rings (SSSR count). The van der Waals surface area contributed by atoms with E-state index in [1.807, 2.05) is 63.8 Å². The lowest BCUT2D eigenvalue weighted by atomic mass is 9.88. The van der Waals surface area contributed by atoms with Gasteiger partial charge in [0, 0.05) is 31.1 Å². The van der Waals surface area contributed by atoms with E-state index in [-0.39, 0.29) is 29.6 Å². The van der Waals surface area contributed by atoms with Gasteiger partial charge in [-0.05, 0) is 43.2 Å². The molecule has 1 atom stereocenters. The first-order valence-electron chi connectivity index (χ1n) is 10.6. The van der Waals surface area contributed by atoms with Crippen molar-refractivity contribution in [2.75, 3.05) is 19.6 Å². The molecule has 1 aromatic carbocycles. The Balaban J connectivity index is 2.04. The number of aryl methyl sites for hydroxylation is 1. The minimum absolute atomic E-state index is 0.0192. The molecular weight excluding hydrogens is 366 g/mol. The van der Waals surface area contributed by atoms with Gasteiger partial charge in [-0.3, -0.25) is 14.4 Å². The monoisotopic (exact) mass is 401 g/mol. The number of nitrogens with zero attached hydrogens (tertiary/aromatic N) is 1. The lowest BCUT2D eigenvalue weighted by Crippen LogP contribution is -2.54. The summed E-state index contributed by atoms with van der Waals surface area (Å²) >= 11 is 0. The number of benzene rings is 1. The second-order valence-electron chi connectivity index (χ2n) is 8.72. The highest BCUT2D eigenvalue weighted by Gasteiger charge is 2.34. The van der Waals surface area contributed by atoms with Crippen LogP contribution in [0, 0.1) is 24.7 Å². The fraction of sp³-hybridized carbons (Fsp3) is 0.609. The minimum Gasteiger partial charge on any atom is -0.354 e. The highest BCUT2D eigenvalue weighted by Crippen LogP contribution is 2.23. The van der Waals surface area contributed by atoms with Crippen LogP contribution < -0.4 is 10.6 Å². The number of hydrogen-bond donors (Lipinski definition) is 2. The third kappa shape index (κ3) is 6.31. The fourth-order valence-corrected chi connectivity index (χ4v) is 3.55. The molecule has 6 heteroatoms. The molecule has 1 aromatic rings. The standard InChI is InChI=1S/C23H35N3O3/c1-15(2)14-24-22(28)20(25-21(27)16(3)4)18-10-12-26(13-11-18)23(29)19-9-7-6-8-17(19)5/h6-9,15-16,18,20H,10-14H2,1-5H3,(H,24,28)(H,25,27)/t20-/m0/s1. The zero-order chi connectivity index (χ0) is 21.6. The molecule has 0 spiro atoms. The summed E-state index contributed by atoms with van der Waals surface area (Å²) in [4.78, 5) is 39.8. The molecule has 3 amide bonds. The second-order valence-corrected chi connectivity index (χ2v) is 8.72. The molecule has 0 aromatic heterocycles. The van der Waals surface area contributed by atoms with Gasteiger partial charge in [0.05, 0.1) is 0 Å². The van der Waals surface area contributed by atoms with Gasteiger partial charge in [0.1, 0.15) is 6.04 Å². The van der Waals surface area contributed by atoms with E-state index < -0.39 is 6.04 Å². The molecule has 29 heavy (non-hydrogen) atoms. The lowest BCUT2D eigenvalue weighted by molar-refractivity contribution is -0.132. The van der Waals surface area contributed by atoms with Crippen molar-refractivity contribution in [1.29, 1.82) is 0 Å². The average molecular weight is 402 g/mol. The van der Waals surface area contributed by atoms with Crippen molar-refractivity contribution >= 4 is 17.7 Å². The fourth-order valence-electron chi connectivity index (χ4n) is 3.55. The van der Waals surface area contributed by atoms with E-state index in [1.54, 1.807) is 0 Å².